The molecule has 3 heteroatoms. The third kappa shape index (κ3) is 11.1. The van der Waals surface area contributed by atoms with Crippen molar-refractivity contribution in [2.24, 2.45) is 0 Å². The van der Waals surface area contributed by atoms with Gasteiger partial charge in [0.25, 0.3) is 0 Å². The highest BCUT2D eigenvalue weighted by atomic mass is 16.1. The molecule has 1 aromatic heterocycles. The first-order chi connectivity index (χ1) is 11.8. The zero-order valence-corrected chi connectivity index (χ0v) is 15.4. The Morgan fingerprint density at radius 2 is 1.54 bits per heavy atom. The van der Waals surface area contributed by atoms with Gasteiger partial charge in [0.1, 0.15) is 12.0 Å². The molecule has 0 saturated heterocycles. The second-order valence-corrected chi connectivity index (χ2v) is 6.50. The molecule has 1 rings (SSSR count). The predicted molar refractivity (Wildman–Crippen MR) is 101 cm³/mol. The largest absolute Gasteiger partial charge is 0.292 e. The molecule has 0 fully saturated rings. The van der Waals surface area contributed by atoms with Crippen LogP contribution in [0.4, 0.5) is 0 Å². The first-order valence-electron chi connectivity index (χ1n) is 9.78. The molecule has 1 heterocycles. The molecule has 0 radical (unpaired) electrons. The van der Waals surface area contributed by atoms with Crippen LogP contribution in [0.3, 0.4) is 0 Å². The summed E-state index contributed by atoms with van der Waals surface area (Å²) in [6.45, 7) is 2.26. The fraction of sp³-hybridized carbons (Fsp3) is 0.667. The second-order valence-electron chi connectivity index (χ2n) is 6.50. The van der Waals surface area contributed by atoms with E-state index < -0.39 is 0 Å². The van der Waals surface area contributed by atoms with Crippen LogP contribution in [-0.2, 0) is 0 Å². The third-order valence-electron chi connectivity index (χ3n) is 4.28. The normalized spacial score (nSPS) is 11.2. The smallest absolute Gasteiger partial charge is 0.181 e. The highest BCUT2D eigenvalue weighted by Gasteiger charge is 2.05. The molecule has 0 aliphatic heterocycles. The maximum Gasteiger partial charge on any atom is 0.181 e. The summed E-state index contributed by atoms with van der Waals surface area (Å²) < 4.78 is 0. The highest BCUT2D eigenvalue weighted by Crippen LogP contribution is 2.10. The minimum absolute atomic E-state index is 0.135. The average Bonchev–Trinajstić information content (AvgIpc) is 2.62. The van der Waals surface area contributed by atoms with E-state index in [2.05, 4.69) is 29.0 Å². The molecule has 24 heavy (non-hydrogen) atoms. The number of allylic oxidation sites excluding steroid dienone is 2. The van der Waals surface area contributed by atoms with E-state index in [0.29, 0.717) is 12.1 Å². The molecule has 0 saturated carbocycles. The van der Waals surface area contributed by atoms with Gasteiger partial charge in [0.2, 0.25) is 0 Å². The van der Waals surface area contributed by atoms with Crippen LogP contribution in [0.5, 0.6) is 0 Å². The van der Waals surface area contributed by atoms with Gasteiger partial charge in [0.15, 0.2) is 5.78 Å². The molecule has 0 aromatic carbocycles. The van der Waals surface area contributed by atoms with Gasteiger partial charge in [-0.1, -0.05) is 64.0 Å². The summed E-state index contributed by atoms with van der Waals surface area (Å²) in [5.41, 5.74) is 0.544. The molecule has 134 valence electrons. The molecule has 0 atom stereocenters. The van der Waals surface area contributed by atoms with E-state index in [9.17, 15) is 4.79 Å². The number of aromatic nitrogens is 2. The number of Topliss-reactive ketones (excluding diaryl/α,β-unsaturated/α-hetero) is 1. The van der Waals surface area contributed by atoms with Crippen LogP contribution < -0.4 is 0 Å². The summed E-state index contributed by atoms with van der Waals surface area (Å²) in [6, 6.07) is 1.69. The van der Waals surface area contributed by atoms with Gasteiger partial charge in [-0.3, -0.25) is 4.79 Å². The fourth-order valence-electron chi connectivity index (χ4n) is 2.76. The van der Waals surface area contributed by atoms with Crippen LogP contribution in [0, 0.1) is 0 Å². The van der Waals surface area contributed by atoms with Gasteiger partial charge in [-0.25, -0.2) is 9.97 Å². The Labute approximate surface area is 148 Å². The zero-order valence-electron chi connectivity index (χ0n) is 15.4. The van der Waals surface area contributed by atoms with E-state index in [0.717, 1.165) is 12.8 Å². The summed E-state index contributed by atoms with van der Waals surface area (Å²) in [5, 5.41) is 0. The van der Waals surface area contributed by atoms with Crippen molar-refractivity contribution in [1.29, 1.82) is 0 Å². The summed E-state index contributed by atoms with van der Waals surface area (Å²) in [6.07, 6.45) is 23.5. The van der Waals surface area contributed by atoms with E-state index in [1.807, 2.05) is 0 Å². The Morgan fingerprint density at radius 3 is 2.17 bits per heavy atom. The molecule has 0 aliphatic carbocycles. The first-order valence-corrected chi connectivity index (χ1v) is 9.78. The Balaban J connectivity index is 1.86. The Hall–Kier alpha value is -1.51. The molecular weight excluding hydrogens is 296 g/mol. The van der Waals surface area contributed by atoms with Crippen LogP contribution in [0.15, 0.2) is 30.7 Å². The summed E-state index contributed by atoms with van der Waals surface area (Å²) in [4.78, 5) is 19.7. The monoisotopic (exact) mass is 330 g/mol. The molecule has 1 aromatic rings. The standard InChI is InChI=1S/C21H34N2O/c1-2-3-4-5-6-7-8-9-10-11-12-13-14-15-16-21(24)20-17-18-22-19-23-20/h9-10,17-19H,2-8,11-16H2,1H3/b10-9-. The van der Waals surface area contributed by atoms with Gasteiger partial charge in [-0.05, 0) is 38.2 Å². The molecule has 0 amide bonds. The number of rotatable bonds is 15. The molecular formula is C21H34N2O. The zero-order chi connectivity index (χ0) is 17.3. The highest BCUT2D eigenvalue weighted by molar-refractivity contribution is 5.93. The lowest BCUT2D eigenvalue weighted by Crippen LogP contribution is -2.01. The Kier molecular flexibility index (Phi) is 12.9. The topological polar surface area (TPSA) is 42.9 Å². The molecule has 3 nitrogen and oxygen atoms in total. The van der Waals surface area contributed by atoms with Crippen molar-refractivity contribution in [3.05, 3.63) is 36.4 Å². The third-order valence-corrected chi connectivity index (χ3v) is 4.28. The van der Waals surface area contributed by atoms with E-state index in [1.54, 1.807) is 12.3 Å². The van der Waals surface area contributed by atoms with Crippen molar-refractivity contribution in [3.63, 3.8) is 0 Å². The average molecular weight is 331 g/mol. The van der Waals surface area contributed by atoms with Crippen molar-refractivity contribution in [3.8, 4) is 0 Å². The van der Waals surface area contributed by atoms with Gasteiger partial charge < -0.3 is 0 Å². The molecule has 0 unspecified atom stereocenters. The molecule has 0 N–H and O–H groups in total. The maximum atomic E-state index is 11.9. The van der Waals surface area contributed by atoms with Gasteiger partial charge in [0.05, 0.1) is 0 Å². The van der Waals surface area contributed by atoms with Gasteiger partial charge in [-0.2, -0.15) is 0 Å². The van der Waals surface area contributed by atoms with E-state index in [1.165, 1.54) is 70.5 Å². The lowest BCUT2D eigenvalue weighted by molar-refractivity contribution is 0.0974. The number of hydrogen-bond donors (Lipinski definition) is 0. The number of carbonyl (C=O) groups excluding carboxylic acids is 1. The van der Waals surface area contributed by atoms with Crippen LogP contribution in [0.2, 0.25) is 0 Å². The number of nitrogens with zero attached hydrogens (tertiary/aromatic N) is 2. The van der Waals surface area contributed by atoms with Crippen molar-refractivity contribution >= 4 is 5.78 Å². The summed E-state index contributed by atoms with van der Waals surface area (Å²) in [7, 11) is 0. The van der Waals surface area contributed by atoms with Crippen LogP contribution in [0.25, 0.3) is 0 Å². The van der Waals surface area contributed by atoms with Crippen molar-refractivity contribution in [2.45, 2.75) is 90.4 Å². The number of ketones is 1. The van der Waals surface area contributed by atoms with Gasteiger partial charge in [0, 0.05) is 12.6 Å². The van der Waals surface area contributed by atoms with E-state index in [4.69, 9.17) is 0 Å². The Bertz CT molecular complexity index is 442. The number of carbonyl (C=O) groups is 1. The fourth-order valence-corrected chi connectivity index (χ4v) is 2.76. The summed E-state index contributed by atoms with van der Waals surface area (Å²) in [5.74, 6) is 0.135. The van der Waals surface area contributed by atoms with Crippen molar-refractivity contribution < 1.29 is 4.79 Å². The second kappa shape index (κ2) is 15.0. The lowest BCUT2D eigenvalue weighted by atomic mass is 10.1. The number of unbranched alkanes of at least 4 members (excludes halogenated alkanes) is 10. The van der Waals surface area contributed by atoms with Crippen LogP contribution in [-0.4, -0.2) is 15.8 Å². The number of hydrogen-bond acceptors (Lipinski definition) is 3. The van der Waals surface area contributed by atoms with Gasteiger partial charge >= 0.3 is 0 Å². The molecule has 0 spiro atoms. The van der Waals surface area contributed by atoms with Gasteiger partial charge in [-0.15, -0.1) is 0 Å². The molecule has 0 bridgehead atoms. The minimum Gasteiger partial charge on any atom is -0.292 e. The first kappa shape index (κ1) is 20.5. The SMILES string of the molecule is CCCCCCCC/C=C\CCCCCCC(=O)c1ccncn1. The lowest BCUT2D eigenvalue weighted by Gasteiger charge is -2.00. The maximum absolute atomic E-state index is 11.9. The van der Waals surface area contributed by atoms with Crippen LogP contribution in [0.1, 0.15) is 101 Å². The molecule has 0 aliphatic rings. The van der Waals surface area contributed by atoms with Crippen LogP contribution >= 0.6 is 0 Å². The van der Waals surface area contributed by atoms with Crippen molar-refractivity contribution in [2.75, 3.05) is 0 Å². The quantitative estimate of drug-likeness (QED) is 0.215. The van der Waals surface area contributed by atoms with Crippen molar-refractivity contribution in [1.82, 2.24) is 9.97 Å². The minimum atomic E-state index is 0.135. The van der Waals surface area contributed by atoms with E-state index >= 15 is 0 Å². The van der Waals surface area contributed by atoms with E-state index in [-0.39, 0.29) is 5.78 Å². The predicted octanol–water partition coefficient (Wildman–Crippen LogP) is 6.31. The summed E-state index contributed by atoms with van der Waals surface area (Å²) >= 11 is 0. The Morgan fingerprint density at radius 1 is 0.917 bits per heavy atom.